The van der Waals surface area contributed by atoms with E-state index >= 15 is 0 Å². The Morgan fingerprint density at radius 3 is 1.67 bits per heavy atom. The quantitative estimate of drug-likeness (QED) is 0.786. The van der Waals surface area contributed by atoms with Crippen LogP contribution in [0, 0.1) is 0 Å². The molecular weight excluding hydrogens is 218 g/mol. The first kappa shape index (κ1) is 11.5. The second kappa shape index (κ2) is 3.96. The van der Waals surface area contributed by atoms with Crippen LogP contribution in [0.2, 0.25) is 0 Å². The van der Waals surface area contributed by atoms with Gasteiger partial charge in [0.15, 0.2) is 0 Å². The lowest BCUT2D eigenvalue weighted by atomic mass is 10.0. The molecule has 0 fully saturated rings. The molecule has 1 aliphatic carbocycles. The van der Waals surface area contributed by atoms with E-state index < -0.39 is 0 Å². The molecule has 1 nitrogen and oxygen atoms in total. The Labute approximate surface area is 109 Å². The summed E-state index contributed by atoms with van der Waals surface area (Å²) in [4.78, 5) is 0. The van der Waals surface area contributed by atoms with Crippen molar-refractivity contribution in [3.63, 3.8) is 0 Å². The lowest BCUT2D eigenvalue weighted by Gasteiger charge is -2.27. The van der Waals surface area contributed by atoms with E-state index in [1.807, 2.05) is 0 Å². The molecule has 1 aliphatic rings. The van der Waals surface area contributed by atoms with Crippen LogP contribution >= 0.6 is 0 Å². The smallest absolute Gasteiger partial charge is 0.0592 e. The number of rotatable bonds is 1. The van der Waals surface area contributed by atoms with Gasteiger partial charge in [-0.1, -0.05) is 48.5 Å². The molecule has 0 saturated carbocycles. The lowest BCUT2D eigenvalue weighted by Crippen LogP contribution is -2.38. The maximum Gasteiger partial charge on any atom is 0.0592 e. The molecule has 2 aromatic rings. The van der Waals surface area contributed by atoms with Crippen molar-refractivity contribution < 1.29 is 0 Å². The Hall–Kier alpha value is -1.60. The Morgan fingerprint density at radius 1 is 0.778 bits per heavy atom. The van der Waals surface area contributed by atoms with Crippen molar-refractivity contribution in [2.45, 2.75) is 32.4 Å². The van der Waals surface area contributed by atoms with E-state index in [0.29, 0.717) is 6.04 Å². The van der Waals surface area contributed by atoms with Crippen molar-refractivity contribution in [3.05, 3.63) is 59.7 Å². The van der Waals surface area contributed by atoms with Gasteiger partial charge in [0, 0.05) is 5.54 Å². The minimum absolute atomic E-state index is 0.106. The summed E-state index contributed by atoms with van der Waals surface area (Å²) in [6.45, 7) is 6.66. The molecule has 0 amide bonds. The maximum atomic E-state index is 3.73. The first-order chi connectivity index (χ1) is 8.56. The molecule has 0 radical (unpaired) electrons. The van der Waals surface area contributed by atoms with E-state index in [1.54, 1.807) is 0 Å². The van der Waals surface area contributed by atoms with Crippen LogP contribution in [0.5, 0.6) is 0 Å². The van der Waals surface area contributed by atoms with Crippen LogP contribution in [0.3, 0.4) is 0 Å². The molecule has 0 saturated heterocycles. The summed E-state index contributed by atoms with van der Waals surface area (Å²) in [5.41, 5.74) is 5.64. The zero-order valence-corrected chi connectivity index (χ0v) is 11.2. The fourth-order valence-electron chi connectivity index (χ4n) is 2.74. The predicted molar refractivity (Wildman–Crippen MR) is 76.6 cm³/mol. The highest BCUT2D eigenvalue weighted by Gasteiger charge is 2.30. The Kier molecular flexibility index (Phi) is 2.53. The van der Waals surface area contributed by atoms with Crippen LogP contribution in [0.4, 0.5) is 0 Å². The van der Waals surface area contributed by atoms with Crippen molar-refractivity contribution in [2.24, 2.45) is 0 Å². The van der Waals surface area contributed by atoms with Gasteiger partial charge >= 0.3 is 0 Å². The van der Waals surface area contributed by atoms with E-state index in [1.165, 1.54) is 22.3 Å². The SMILES string of the molecule is CC(C)(C)NC1c2ccccc2-c2ccccc21. The van der Waals surface area contributed by atoms with E-state index in [9.17, 15) is 0 Å². The van der Waals surface area contributed by atoms with E-state index in [4.69, 9.17) is 0 Å². The van der Waals surface area contributed by atoms with Crippen LogP contribution in [-0.2, 0) is 0 Å². The summed E-state index contributed by atoms with van der Waals surface area (Å²) in [6.07, 6.45) is 0. The van der Waals surface area contributed by atoms with E-state index in [0.717, 1.165) is 0 Å². The second-order valence-electron chi connectivity index (χ2n) is 6.00. The zero-order valence-electron chi connectivity index (χ0n) is 11.2. The highest BCUT2D eigenvalue weighted by atomic mass is 15.0. The van der Waals surface area contributed by atoms with Crippen LogP contribution in [0.15, 0.2) is 48.5 Å². The monoisotopic (exact) mass is 237 g/mol. The average molecular weight is 237 g/mol. The normalized spacial score (nSPS) is 14.4. The second-order valence-corrected chi connectivity index (χ2v) is 6.00. The summed E-state index contributed by atoms with van der Waals surface area (Å²) >= 11 is 0. The van der Waals surface area contributed by atoms with E-state index in [-0.39, 0.29) is 5.54 Å². The Bertz CT molecular complexity index is 533. The molecule has 92 valence electrons. The number of fused-ring (bicyclic) bond motifs is 3. The third-order valence-electron chi connectivity index (χ3n) is 3.41. The van der Waals surface area contributed by atoms with Gasteiger partial charge in [0.1, 0.15) is 0 Å². The fraction of sp³-hybridized carbons (Fsp3) is 0.294. The molecule has 3 rings (SSSR count). The van der Waals surface area contributed by atoms with Crippen LogP contribution in [-0.4, -0.2) is 5.54 Å². The third-order valence-corrected chi connectivity index (χ3v) is 3.41. The van der Waals surface area contributed by atoms with Crippen LogP contribution < -0.4 is 5.32 Å². The molecule has 0 spiro atoms. The maximum absolute atomic E-state index is 3.73. The summed E-state index contributed by atoms with van der Waals surface area (Å²) in [6, 6.07) is 17.7. The number of benzene rings is 2. The standard InChI is InChI=1S/C17H19N/c1-17(2,3)18-16-14-10-6-4-8-12(14)13-9-5-7-11-15(13)16/h4-11,16,18H,1-3H3. The minimum atomic E-state index is 0.106. The number of hydrogen-bond acceptors (Lipinski definition) is 1. The summed E-state index contributed by atoms with van der Waals surface area (Å²) < 4.78 is 0. The molecule has 0 aliphatic heterocycles. The van der Waals surface area contributed by atoms with Gasteiger partial charge in [-0.15, -0.1) is 0 Å². The largest absolute Gasteiger partial charge is 0.301 e. The molecule has 1 N–H and O–H groups in total. The van der Waals surface area contributed by atoms with Gasteiger partial charge in [-0.05, 0) is 43.0 Å². The Balaban J connectivity index is 2.15. The predicted octanol–water partition coefficient (Wildman–Crippen LogP) is 4.14. The van der Waals surface area contributed by atoms with Crippen molar-refractivity contribution in [3.8, 4) is 11.1 Å². The van der Waals surface area contributed by atoms with Crippen LogP contribution in [0.1, 0.15) is 37.9 Å². The van der Waals surface area contributed by atoms with Crippen molar-refractivity contribution >= 4 is 0 Å². The number of nitrogens with one attached hydrogen (secondary N) is 1. The highest BCUT2D eigenvalue weighted by Crippen LogP contribution is 2.43. The summed E-state index contributed by atoms with van der Waals surface area (Å²) in [5, 5.41) is 3.73. The molecule has 0 atom stereocenters. The van der Waals surface area contributed by atoms with Crippen molar-refractivity contribution in [1.29, 1.82) is 0 Å². The van der Waals surface area contributed by atoms with Crippen molar-refractivity contribution in [2.75, 3.05) is 0 Å². The van der Waals surface area contributed by atoms with Gasteiger partial charge in [0.05, 0.1) is 6.04 Å². The van der Waals surface area contributed by atoms with Gasteiger partial charge in [-0.2, -0.15) is 0 Å². The van der Waals surface area contributed by atoms with Gasteiger partial charge in [0.2, 0.25) is 0 Å². The summed E-state index contributed by atoms with van der Waals surface area (Å²) in [5.74, 6) is 0. The van der Waals surface area contributed by atoms with Gasteiger partial charge in [0.25, 0.3) is 0 Å². The Morgan fingerprint density at radius 2 is 1.22 bits per heavy atom. The van der Waals surface area contributed by atoms with E-state index in [2.05, 4.69) is 74.6 Å². The lowest BCUT2D eigenvalue weighted by molar-refractivity contribution is 0.394. The highest BCUT2D eigenvalue weighted by molar-refractivity contribution is 5.78. The molecular formula is C17H19N. The average Bonchev–Trinajstić information content (AvgIpc) is 2.64. The number of hydrogen-bond donors (Lipinski definition) is 1. The van der Waals surface area contributed by atoms with Gasteiger partial charge in [-0.25, -0.2) is 0 Å². The first-order valence-corrected chi connectivity index (χ1v) is 6.52. The minimum Gasteiger partial charge on any atom is -0.301 e. The van der Waals surface area contributed by atoms with Gasteiger partial charge in [-0.3, -0.25) is 0 Å². The molecule has 18 heavy (non-hydrogen) atoms. The molecule has 0 heterocycles. The topological polar surface area (TPSA) is 12.0 Å². The van der Waals surface area contributed by atoms with Crippen LogP contribution in [0.25, 0.3) is 11.1 Å². The van der Waals surface area contributed by atoms with Crippen molar-refractivity contribution in [1.82, 2.24) is 5.32 Å². The molecule has 0 aromatic heterocycles. The first-order valence-electron chi connectivity index (χ1n) is 6.52. The van der Waals surface area contributed by atoms with Gasteiger partial charge < -0.3 is 5.32 Å². The summed E-state index contributed by atoms with van der Waals surface area (Å²) in [7, 11) is 0. The molecule has 1 heteroatoms. The third kappa shape index (κ3) is 1.85. The zero-order chi connectivity index (χ0) is 12.8. The molecule has 2 aromatic carbocycles. The molecule has 0 bridgehead atoms. The fourth-order valence-corrected chi connectivity index (χ4v) is 2.74. The molecule has 0 unspecified atom stereocenters.